The topological polar surface area (TPSA) is 75.6 Å². The van der Waals surface area contributed by atoms with Crippen molar-refractivity contribution in [2.24, 2.45) is 0 Å². The highest BCUT2D eigenvalue weighted by Crippen LogP contribution is 2.17. The van der Waals surface area contributed by atoms with Gasteiger partial charge in [-0.3, -0.25) is 9.59 Å². The molecule has 1 aliphatic rings. The molecule has 1 aliphatic heterocycles. The molecule has 0 aromatic heterocycles. The van der Waals surface area contributed by atoms with Gasteiger partial charge in [0.2, 0.25) is 5.91 Å². The highest BCUT2D eigenvalue weighted by atomic mass is 16.5. The Kier molecular flexibility index (Phi) is 2.87. The Hall–Kier alpha value is -1.10. The maximum absolute atomic E-state index is 11.1. The summed E-state index contributed by atoms with van der Waals surface area (Å²) in [6.45, 7) is 2.92. The number of carbonyl (C=O) groups excluding carboxylic acids is 1. The van der Waals surface area contributed by atoms with Crippen LogP contribution in [0.3, 0.4) is 0 Å². The second kappa shape index (κ2) is 3.74. The van der Waals surface area contributed by atoms with Gasteiger partial charge in [-0.15, -0.1) is 0 Å². The fourth-order valence-corrected chi connectivity index (χ4v) is 1.28. The molecule has 5 nitrogen and oxygen atoms in total. The first-order valence-electron chi connectivity index (χ1n) is 4.12. The molecule has 13 heavy (non-hydrogen) atoms. The van der Waals surface area contributed by atoms with Crippen molar-refractivity contribution in [2.45, 2.75) is 25.3 Å². The van der Waals surface area contributed by atoms with E-state index in [9.17, 15) is 9.59 Å². The highest BCUT2D eigenvalue weighted by Gasteiger charge is 2.31. The number of carboxylic acids is 1. The fraction of sp³-hybridized carbons (Fsp3) is 0.750. The summed E-state index contributed by atoms with van der Waals surface area (Å²) < 4.78 is 5.10. The Labute approximate surface area is 76.1 Å². The quantitative estimate of drug-likeness (QED) is 0.598. The van der Waals surface area contributed by atoms with Gasteiger partial charge in [0.25, 0.3) is 0 Å². The second-order valence-electron chi connectivity index (χ2n) is 3.48. The Morgan fingerprint density at radius 3 is 2.77 bits per heavy atom. The number of aliphatic carboxylic acids is 1. The minimum absolute atomic E-state index is 0.382. The molecule has 0 aromatic rings. The van der Waals surface area contributed by atoms with Crippen molar-refractivity contribution in [1.29, 1.82) is 0 Å². The van der Waals surface area contributed by atoms with Gasteiger partial charge in [0.15, 0.2) is 0 Å². The molecule has 0 aromatic carbocycles. The fourth-order valence-electron chi connectivity index (χ4n) is 1.28. The van der Waals surface area contributed by atoms with Gasteiger partial charge in [0.1, 0.15) is 6.42 Å². The predicted molar refractivity (Wildman–Crippen MR) is 44.2 cm³/mol. The monoisotopic (exact) mass is 187 g/mol. The highest BCUT2D eigenvalue weighted by molar-refractivity contribution is 5.93. The molecule has 1 atom stereocenters. The molecule has 0 bridgehead atoms. The minimum Gasteiger partial charge on any atom is -0.481 e. The molecule has 1 amide bonds. The van der Waals surface area contributed by atoms with E-state index in [0.29, 0.717) is 13.2 Å². The molecule has 1 rings (SSSR count). The van der Waals surface area contributed by atoms with Gasteiger partial charge in [-0.05, 0) is 13.3 Å². The summed E-state index contributed by atoms with van der Waals surface area (Å²) in [5, 5.41) is 11.0. The third-order valence-corrected chi connectivity index (χ3v) is 1.97. The molecular formula is C8H13NO4. The predicted octanol–water partition coefficient (Wildman–Crippen LogP) is -0.244. The SMILES string of the molecule is CC1(NC(=O)CC(=O)O)CCOC1. The van der Waals surface area contributed by atoms with Gasteiger partial charge in [0, 0.05) is 6.61 Å². The summed E-state index contributed by atoms with van der Waals surface area (Å²) >= 11 is 0. The lowest BCUT2D eigenvalue weighted by Crippen LogP contribution is -2.46. The van der Waals surface area contributed by atoms with Crippen LogP contribution in [-0.2, 0) is 14.3 Å². The summed E-state index contributed by atoms with van der Waals surface area (Å²) in [6, 6.07) is 0. The molecule has 1 fully saturated rings. The van der Waals surface area contributed by atoms with Crippen molar-refractivity contribution >= 4 is 11.9 Å². The van der Waals surface area contributed by atoms with Crippen LogP contribution in [0.1, 0.15) is 19.8 Å². The van der Waals surface area contributed by atoms with E-state index in [1.165, 1.54) is 0 Å². The Bertz CT molecular complexity index is 220. The Morgan fingerprint density at radius 1 is 1.62 bits per heavy atom. The van der Waals surface area contributed by atoms with Crippen LogP contribution in [0.4, 0.5) is 0 Å². The molecule has 1 unspecified atom stereocenters. The molecule has 74 valence electrons. The number of ether oxygens (including phenoxy) is 1. The van der Waals surface area contributed by atoms with Crippen molar-refractivity contribution in [1.82, 2.24) is 5.32 Å². The molecule has 0 radical (unpaired) electrons. The lowest BCUT2D eigenvalue weighted by atomic mass is 10.0. The van der Waals surface area contributed by atoms with Crippen molar-refractivity contribution in [3.8, 4) is 0 Å². The lowest BCUT2D eigenvalue weighted by molar-refractivity contribution is -0.141. The molecule has 1 saturated heterocycles. The summed E-state index contributed by atoms with van der Waals surface area (Å²) in [4.78, 5) is 21.3. The smallest absolute Gasteiger partial charge is 0.312 e. The average molecular weight is 187 g/mol. The molecule has 0 aliphatic carbocycles. The van der Waals surface area contributed by atoms with E-state index >= 15 is 0 Å². The number of hydrogen-bond acceptors (Lipinski definition) is 3. The van der Waals surface area contributed by atoms with Gasteiger partial charge in [-0.1, -0.05) is 0 Å². The number of carbonyl (C=O) groups is 2. The van der Waals surface area contributed by atoms with E-state index in [1.54, 1.807) is 0 Å². The standard InChI is InChI=1S/C8H13NO4/c1-8(2-3-13-5-8)9-6(10)4-7(11)12/h2-5H2,1H3,(H,9,10)(H,11,12). The van der Waals surface area contributed by atoms with E-state index in [-0.39, 0.29) is 5.54 Å². The lowest BCUT2D eigenvalue weighted by Gasteiger charge is -2.22. The zero-order valence-electron chi connectivity index (χ0n) is 7.50. The number of amides is 1. The van der Waals surface area contributed by atoms with E-state index < -0.39 is 18.3 Å². The molecule has 1 heterocycles. The molecule has 5 heteroatoms. The second-order valence-corrected chi connectivity index (χ2v) is 3.48. The molecule has 0 saturated carbocycles. The van der Waals surface area contributed by atoms with Gasteiger partial charge in [0.05, 0.1) is 12.1 Å². The molecular weight excluding hydrogens is 174 g/mol. The summed E-state index contributed by atoms with van der Waals surface area (Å²) in [7, 11) is 0. The normalized spacial score (nSPS) is 27.2. The van der Waals surface area contributed by atoms with Crippen molar-refractivity contribution in [3.63, 3.8) is 0 Å². The van der Waals surface area contributed by atoms with Crippen LogP contribution in [0, 0.1) is 0 Å². The van der Waals surface area contributed by atoms with Gasteiger partial charge < -0.3 is 15.2 Å². The van der Waals surface area contributed by atoms with E-state index in [1.807, 2.05) is 6.92 Å². The van der Waals surface area contributed by atoms with E-state index in [4.69, 9.17) is 9.84 Å². The molecule has 0 spiro atoms. The zero-order valence-corrected chi connectivity index (χ0v) is 7.50. The number of rotatable bonds is 3. The van der Waals surface area contributed by atoms with E-state index in [2.05, 4.69) is 5.32 Å². The summed E-state index contributed by atoms with van der Waals surface area (Å²) in [6.07, 6.45) is 0.258. The van der Waals surface area contributed by atoms with Crippen molar-refractivity contribution < 1.29 is 19.4 Å². The Morgan fingerprint density at radius 2 is 2.31 bits per heavy atom. The first-order valence-corrected chi connectivity index (χ1v) is 4.12. The first kappa shape index (κ1) is 9.98. The van der Waals surface area contributed by atoms with Gasteiger partial charge in [-0.25, -0.2) is 0 Å². The van der Waals surface area contributed by atoms with Crippen LogP contribution in [0.15, 0.2) is 0 Å². The average Bonchev–Trinajstić information content (AvgIpc) is 2.33. The van der Waals surface area contributed by atoms with Crippen LogP contribution >= 0.6 is 0 Å². The molecule has 2 N–H and O–H groups in total. The van der Waals surface area contributed by atoms with Gasteiger partial charge >= 0.3 is 5.97 Å². The van der Waals surface area contributed by atoms with Crippen LogP contribution < -0.4 is 5.32 Å². The van der Waals surface area contributed by atoms with Crippen LogP contribution in [0.5, 0.6) is 0 Å². The van der Waals surface area contributed by atoms with Crippen molar-refractivity contribution in [3.05, 3.63) is 0 Å². The Balaban J connectivity index is 2.38. The summed E-state index contributed by atoms with van der Waals surface area (Å²) in [5.74, 6) is -1.57. The van der Waals surface area contributed by atoms with Crippen LogP contribution in [0.2, 0.25) is 0 Å². The van der Waals surface area contributed by atoms with Crippen molar-refractivity contribution in [2.75, 3.05) is 13.2 Å². The van der Waals surface area contributed by atoms with Crippen LogP contribution in [-0.4, -0.2) is 35.7 Å². The summed E-state index contributed by atoms with van der Waals surface area (Å²) in [5.41, 5.74) is -0.382. The van der Waals surface area contributed by atoms with Gasteiger partial charge in [-0.2, -0.15) is 0 Å². The zero-order chi connectivity index (χ0) is 9.90. The first-order chi connectivity index (χ1) is 6.02. The number of carboxylic acid groups (broad SMARTS) is 1. The van der Waals surface area contributed by atoms with E-state index in [0.717, 1.165) is 6.42 Å². The minimum atomic E-state index is -1.11. The largest absolute Gasteiger partial charge is 0.481 e. The number of hydrogen-bond donors (Lipinski definition) is 2. The number of nitrogens with one attached hydrogen (secondary N) is 1. The van der Waals surface area contributed by atoms with Crippen LogP contribution in [0.25, 0.3) is 0 Å². The maximum atomic E-state index is 11.1. The maximum Gasteiger partial charge on any atom is 0.312 e. The third kappa shape index (κ3) is 3.02. The third-order valence-electron chi connectivity index (χ3n) is 1.97.